The van der Waals surface area contributed by atoms with Crippen LogP contribution in [0.4, 0.5) is 0 Å². The SMILES string of the molecule is CC(=COCC#CCO)NOC(C)(C)C. The predicted molar refractivity (Wildman–Crippen MR) is 58.5 cm³/mol. The Morgan fingerprint density at radius 3 is 2.60 bits per heavy atom. The van der Waals surface area contributed by atoms with Gasteiger partial charge in [0, 0.05) is 0 Å². The average molecular weight is 213 g/mol. The summed E-state index contributed by atoms with van der Waals surface area (Å²) < 4.78 is 5.07. The Morgan fingerprint density at radius 1 is 1.40 bits per heavy atom. The molecule has 0 unspecified atom stereocenters. The van der Waals surface area contributed by atoms with E-state index in [4.69, 9.17) is 14.7 Å². The number of ether oxygens (including phenoxy) is 1. The smallest absolute Gasteiger partial charge is 0.148 e. The Kier molecular flexibility index (Phi) is 6.59. The Balaban J connectivity index is 3.70. The zero-order valence-electron chi connectivity index (χ0n) is 9.76. The van der Waals surface area contributed by atoms with Crippen molar-refractivity contribution >= 4 is 0 Å². The van der Waals surface area contributed by atoms with Crippen molar-refractivity contribution in [1.29, 1.82) is 0 Å². The van der Waals surface area contributed by atoms with Crippen LogP contribution in [0.5, 0.6) is 0 Å². The molecule has 4 heteroatoms. The number of nitrogens with one attached hydrogen (secondary N) is 1. The van der Waals surface area contributed by atoms with Gasteiger partial charge in [-0.05, 0) is 27.7 Å². The number of hydrogen-bond acceptors (Lipinski definition) is 4. The third-order valence-corrected chi connectivity index (χ3v) is 1.14. The van der Waals surface area contributed by atoms with E-state index in [0.717, 1.165) is 5.70 Å². The highest BCUT2D eigenvalue weighted by atomic mass is 16.7. The second kappa shape index (κ2) is 7.16. The molecule has 15 heavy (non-hydrogen) atoms. The molecule has 0 bridgehead atoms. The van der Waals surface area contributed by atoms with Crippen molar-refractivity contribution in [3.63, 3.8) is 0 Å². The maximum atomic E-state index is 8.37. The van der Waals surface area contributed by atoms with Gasteiger partial charge in [-0.1, -0.05) is 11.8 Å². The third-order valence-electron chi connectivity index (χ3n) is 1.14. The lowest BCUT2D eigenvalue weighted by atomic mass is 10.2. The molecule has 0 rings (SSSR count). The van der Waals surface area contributed by atoms with Crippen LogP contribution in [0.25, 0.3) is 0 Å². The molecular weight excluding hydrogens is 194 g/mol. The van der Waals surface area contributed by atoms with Gasteiger partial charge in [0.25, 0.3) is 0 Å². The van der Waals surface area contributed by atoms with Gasteiger partial charge < -0.3 is 9.84 Å². The Morgan fingerprint density at radius 2 is 2.07 bits per heavy atom. The van der Waals surface area contributed by atoms with E-state index in [0.29, 0.717) is 0 Å². The zero-order chi connectivity index (χ0) is 11.7. The first-order valence-electron chi connectivity index (χ1n) is 4.74. The van der Waals surface area contributed by atoms with Crippen LogP contribution in [0.1, 0.15) is 27.7 Å². The number of hydroxylamine groups is 1. The minimum absolute atomic E-state index is 0.141. The normalized spacial score (nSPS) is 11.7. The van der Waals surface area contributed by atoms with Gasteiger partial charge >= 0.3 is 0 Å². The molecule has 0 atom stereocenters. The van der Waals surface area contributed by atoms with Gasteiger partial charge in [-0.25, -0.2) is 0 Å². The summed E-state index contributed by atoms with van der Waals surface area (Å²) in [6.45, 7) is 7.78. The Bertz CT molecular complexity index is 255. The second-order valence-electron chi connectivity index (χ2n) is 3.94. The molecule has 0 saturated heterocycles. The van der Waals surface area contributed by atoms with Crippen molar-refractivity contribution in [1.82, 2.24) is 5.48 Å². The number of aliphatic hydroxyl groups excluding tert-OH is 1. The summed E-state index contributed by atoms with van der Waals surface area (Å²) in [6, 6.07) is 0. The highest BCUT2D eigenvalue weighted by molar-refractivity contribution is 4.99. The number of hydrogen-bond donors (Lipinski definition) is 2. The second-order valence-corrected chi connectivity index (χ2v) is 3.94. The molecule has 0 heterocycles. The van der Waals surface area contributed by atoms with Gasteiger partial charge in [-0.15, -0.1) is 0 Å². The lowest BCUT2D eigenvalue weighted by Crippen LogP contribution is -2.28. The maximum Gasteiger partial charge on any atom is 0.148 e. The monoisotopic (exact) mass is 213 g/mol. The van der Waals surface area contributed by atoms with Crippen LogP contribution in [0.15, 0.2) is 12.0 Å². The summed E-state index contributed by atoms with van der Waals surface area (Å²) in [5.74, 6) is 5.11. The van der Waals surface area contributed by atoms with Crippen molar-refractivity contribution in [2.45, 2.75) is 33.3 Å². The molecule has 0 fully saturated rings. The van der Waals surface area contributed by atoms with Crippen LogP contribution < -0.4 is 5.48 Å². The third kappa shape index (κ3) is 10.7. The molecule has 4 nitrogen and oxygen atoms in total. The van der Waals surface area contributed by atoms with Gasteiger partial charge in [0.05, 0.1) is 11.3 Å². The molecule has 0 aromatic heterocycles. The van der Waals surface area contributed by atoms with Crippen LogP contribution in [0.3, 0.4) is 0 Å². The van der Waals surface area contributed by atoms with Crippen molar-refractivity contribution < 1.29 is 14.7 Å². The number of allylic oxidation sites excluding steroid dienone is 1. The first kappa shape index (κ1) is 13.8. The Hall–Kier alpha value is -1.18. The molecule has 0 aliphatic heterocycles. The summed E-state index contributed by atoms with van der Waals surface area (Å²) >= 11 is 0. The fraction of sp³-hybridized carbons (Fsp3) is 0.636. The molecule has 0 radical (unpaired) electrons. The highest BCUT2D eigenvalue weighted by Crippen LogP contribution is 2.04. The summed E-state index contributed by atoms with van der Waals surface area (Å²) in [7, 11) is 0. The van der Waals surface area contributed by atoms with Gasteiger partial charge in [0.1, 0.15) is 19.5 Å². The van der Waals surface area contributed by atoms with E-state index in [9.17, 15) is 0 Å². The van der Waals surface area contributed by atoms with E-state index in [-0.39, 0.29) is 18.8 Å². The summed E-state index contributed by atoms with van der Waals surface area (Å²) in [4.78, 5) is 5.29. The minimum Gasteiger partial charge on any atom is -0.487 e. The van der Waals surface area contributed by atoms with E-state index in [1.54, 1.807) is 0 Å². The average Bonchev–Trinajstić information content (AvgIpc) is 2.13. The molecular formula is C11H19NO3. The van der Waals surface area contributed by atoms with Crippen LogP contribution in [-0.2, 0) is 9.57 Å². The van der Waals surface area contributed by atoms with Crippen LogP contribution in [-0.4, -0.2) is 23.9 Å². The van der Waals surface area contributed by atoms with E-state index in [2.05, 4.69) is 17.3 Å². The standard InChI is InChI=1S/C11H19NO3/c1-10(12-15-11(2,3)4)9-14-8-6-5-7-13/h9,12-13H,7-8H2,1-4H3. The van der Waals surface area contributed by atoms with Gasteiger partial charge in [0.15, 0.2) is 0 Å². The first-order chi connectivity index (χ1) is 6.95. The van der Waals surface area contributed by atoms with E-state index in [1.165, 1.54) is 6.26 Å². The fourth-order valence-corrected chi connectivity index (χ4v) is 0.573. The van der Waals surface area contributed by atoms with Crippen LogP contribution in [0, 0.1) is 11.8 Å². The molecule has 2 N–H and O–H groups in total. The van der Waals surface area contributed by atoms with E-state index in [1.807, 2.05) is 27.7 Å². The van der Waals surface area contributed by atoms with Gasteiger partial charge in [-0.3, -0.25) is 10.3 Å². The molecule has 0 aromatic rings. The topological polar surface area (TPSA) is 50.7 Å². The number of rotatable bonds is 4. The minimum atomic E-state index is -0.244. The van der Waals surface area contributed by atoms with Gasteiger partial charge in [0.2, 0.25) is 0 Å². The van der Waals surface area contributed by atoms with Crippen molar-refractivity contribution in [3.8, 4) is 11.8 Å². The highest BCUT2D eigenvalue weighted by Gasteiger charge is 2.09. The Labute approximate surface area is 91.2 Å². The van der Waals surface area contributed by atoms with E-state index >= 15 is 0 Å². The summed E-state index contributed by atoms with van der Waals surface area (Å²) in [5.41, 5.74) is 3.27. The zero-order valence-corrected chi connectivity index (χ0v) is 9.76. The van der Waals surface area contributed by atoms with Crippen LogP contribution in [0.2, 0.25) is 0 Å². The lowest BCUT2D eigenvalue weighted by Gasteiger charge is -2.19. The van der Waals surface area contributed by atoms with Crippen molar-refractivity contribution in [2.24, 2.45) is 0 Å². The summed E-state index contributed by atoms with van der Waals surface area (Å²) in [6.07, 6.45) is 1.53. The largest absolute Gasteiger partial charge is 0.487 e. The fourth-order valence-electron chi connectivity index (χ4n) is 0.573. The first-order valence-corrected chi connectivity index (χ1v) is 4.74. The molecule has 0 saturated carbocycles. The molecule has 0 aliphatic carbocycles. The van der Waals surface area contributed by atoms with Crippen LogP contribution >= 0.6 is 0 Å². The van der Waals surface area contributed by atoms with Crippen molar-refractivity contribution in [3.05, 3.63) is 12.0 Å². The molecule has 86 valence electrons. The van der Waals surface area contributed by atoms with Crippen molar-refractivity contribution in [2.75, 3.05) is 13.2 Å². The predicted octanol–water partition coefficient (Wildman–Crippen LogP) is 1.18. The van der Waals surface area contributed by atoms with Gasteiger partial charge in [-0.2, -0.15) is 0 Å². The molecule has 0 amide bonds. The number of aliphatic hydroxyl groups is 1. The molecule has 0 aliphatic rings. The maximum absolute atomic E-state index is 8.37. The van der Waals surface area contributed by atoms with E-state index < -0.39 is 0 Å². The molecule has 0 spiro atoms. The molecule has 0 aromatic carbocycles. The summed E-state index contributed by atoms with van der Waals surface area (Å²) in [5, 5.41) is 8.37. The lowest BCUT2D eigenvalue weighted by molar-refractivity contribution is -0.0588. The quantitative estimate of drug-likeness (QED) is 0.319.